The van der Waals surface area contributed by atoms with Gasteiger partial charge in [0.1, 0.15) is 0 Å². The molecule has 112 valence electrons. The summed E-state index contributed by atoms with van der Waals surface area (Å²) >= 11 is 9.42. The van der Waals surface area contributed by atoms with E-state index in [1.165, 1.54) is 0 Å². The molecule has 22 heavy (non-hydrogen) atoms. The molecule has 0 spiro atoms. The molecule has 0 aromatic heterocycles. The van der Waals surface area contributed by atoms with Crippen LogP contribution in [0.25, 0.3) is 11.6 Å². The predicted molar refractivity (Wildman–Crippen MR) is 91.9 cm³/mol. The molecular formula is C17H13BrClNO2. The third-order valence-corrected chi connectivity index (χ3v) is 3.88. The van der Waals surface area contributed by atoms with Crippen LogP contribution in [0.5, 0.6) is 11.5 Å². The number of phenolic OH excluding ortho intramolecular Hbond substituents is 1. The zero-order valence-corrected chi connectivity index (χ0v) is 14.1. The van der Waals surface area contributed by atoms with Crippen LogP contribution in [0, 0.1) is 11.3 Å². The molecule has 0 aliphatic rings. The van der Waals surface area contributed by atoms with Crippen molar-refractivity contribution in [2.45, 2.75) is 6.92 Å². The van der Waals surface area contributed by atoms with Crippen LogP contribution in [0.3, 0.4) is 0 Å². The Morgan fingerprint density at radius 1 is 1.41 bits per heavy atom. The van der Waals surface area contributed by atoms with Crippen molar-refractivity contribution >= 4 is 39.2 Å². The van der Waals surface area contributed by atoms with Crippen molar-refractivity contribution in [1.29, 1.82) is 5.26 Å². The lowest BCUT2D eigenvalue weighted by atomic mass is 10.0. The predicted octanol–water partition coefficient (Wildman–Crippen LogP) is 5.27. The Labute approximate surface area is 142 Å². The van der Waals surface area contributed by atoms with Gasteiger partial charge in [-0.1, -0.05) is 29.8 Å². The fourth-order valence-electron chi connectivity index (χ4n) is 1.96. The molecular weight excluding hydrogens is 366 g/mol. The SMILES string of the molecule is CCOc1cc(C=C(C#N)c2ccccc2Cl)cc(Br)c1O. The average molecular weight is 379 g/mol. The molecule has 0 aliphatic carbocycles. The van der Waals surface area contributed by atoms with Crippen LogP contribution in [-0.4, -0.2) is 11.7 Å². The molecule has 5 heteroatoms. The normalized spacial score (nSPS) is 11.1. The van der Waals surface area contributed by atoms with E-state index in [9.17, 15) is 10.4 Å². The number of nitrogens with zero attached hydrogens (tertiary/aromatic N) is 1. The molecule has 0 saturated heterocycles. The summed E-state index contributed by atoms with van der Waals surface area (Å²) in [7, 11) is 0. The van der Waals surface area contributed by atoms with Gasteiger partial charge in [-0.3, -0.25) is 0 Å². The number of allylic oxidation sites excluding steroid dienone is 1. The van der Waals surface area contributed by atoms with E-state index in [1.54, 1.807) is 30.3 Å². The largest absolute Gasteiger partial charge is 0.503 e. The second-order valence-electron chi connectivity index (χ2n) is 4.43. The minimum atomic E-state index is 0.0373. The molecule has 0 heterocycles. The van der Waals surface area contributed by atoms with Crippen LogP contribution in [0.4, 0.5) is 0 Å². The number of hydrogen-bond donors (Lipinski definition) is 1. The van der Waals surface area contributed by atoms with Gasteiger partial charge in [0.05, 0.1) is 22.7 Å². The number of halogens is 2. The van der Waals surface area contributed by atoms with E-state index in [4.69, 9.17) is 16.3 Å². The number of aromatic hydroxyl groups is 1. The van der Waals surface area contributed by atoms with Crippen LogP contribution in [0.2, 0.25) is 5.02 Å². The quantitative estimate of drug-likeness (QED) is 0.582. The number of phenols is 1. The van der Waals surface area contributed by atoms with Gasteiger partial charge >= 0.3 is 0 Å². The molecule has 0 atom stereocenters. The minimum Gasteiger partial charge on any atom is -0.503 e. The molecule has 0 radical (unpaired) electrons. The number of benzene rings is 2. The van der Waals surface area contributed by atoms with Gasteiger partial charge in [0.15, 0.2) is 11.5 Å². The Bertz CT molecular complexity index is 766. The van der Waals surface area contributed by atoms with E-state index in [2.05, 4.69) is 22.0 Å². The number of nitriles is 1. The molecule has 0 aliphatic heterocycles. The highest BCUT2D eigenvalue weighted by Gasteiger charge is 2.10. The molecule has 2 aromatic rings. The highest BCUT2D eigenvalue weighted by molar-refractivity contribution is 9.10. The number of ether oxygens (including phenoxy) is 1. The lowest BCUT2D eigenvalue weighted by molar-refractivity contribution is 0.317. The Morgan fingerprint density at radius 2 is 2.14 bits per heavy atom. The van der Waals surface area contributed by atoms with Crippen molar-refractivity contribution in [2.75, 3.05) is 6.61 Å². The third-order valence-electron chi connectivity index (χ3n) is 2.95. The Balaban J connectivity index is 2.51. The molecule has 2 aromatic carbocycles. The summed E-state index contributed by atoms with van der Waals surface area (Å²) in [6, 6.07) is 12.7. The summed E-state index contributed by atoms with van der Waals surface area (Å²) in [5, 5.41) is 19.8. The first-order valence-electron chi connectivity index (χ1n) is 6.58. The first-order chi connectivity index (χ1) is 10.6. The fourth-order valence-corrected chi connectivity index (χ4v) is 2.66. The number of hydrogen-bond acceptors (Lipinski definition) is 3. The van der Waals surface area contributed by atoms with Crippen LogP contribution in [0.1, 0.15) is 18.1 Å². The lowest BCUT2D eigenvalue weighted by Crippen LogP contribution is -1.93. The van der Waals surface area contributed by atoms with E-state index in [-0.39, 0.29) is 5.75 Å². The summed E-state index contributed by atoms with van der Waals surface area (Å²) in [5.74, 6) is 0.398. The Morgan fingerprint density at radius 3 is 2.77 bits per heavy atom. The minimum absolute atomic E-state index is 0.0373. The standard InChI is InChI=1S/C17H13BrClNO2/c1-2-22-16-9-11(8-14(18)17(16)21)7-12(10-20)13-5-3-4-6-15(13)19/h3-9,21H,2H2,1H3. The van der Waals surface area contributed by atoms with Crippen molar-refractivity contribution in [3.8, 4) is 17.6 Å². The van der Waals surface area contributed by atoms with Crippen LogP contribution >= 0.6 is 27.5 Å². The summed E-state index contributed by atoms with van der Waals surface area (Å²) < 4.78 is 5.89. The van der Waals surface area contributed by atoms with Gasteiger partial charge in [0.2, 0.25) is 0 Å². The second-order valence-corrected chi connectivity index (χ2v) is 5.69. The molecule has 0 fully saturated rings. The molecule has 0 unspecified atom stereocenters. The van der Waals surface area contributed by atoms with Gasteiger partial charge in [-0.2, -0.15) is 5.26 Å². The van der Waals surface area contributed by atoms with E-state index in [1.807, 2.05) is 19.1 Å². The summed E-state index contributed by atoms with van der Waals surface area (Å²) in [6.07, 6.45) is 1.70. The van der Waals surface area contributed by atoms with Crippen molar-refractivity contribution in [3.05, 3.63) is 57.0 Å². The second kappa shape index (κ2) is 7.35. The maximum absolute atomic E-state index is 9.93. The smallest absolute Gasteiger partial charge is 0.172 e. The lowest BCUT2D eigenvalue weighted by Gasteiger charge is -2.09. The van der Waals surface area contributed by atoms with Gasteiger partial charge in [0, 0.05) is 10.6 Å². The summed E-state index contributed by atoms with van der Waals surface area (Å²) in [5.41, 5.74) is 1.82. The monoisotopic (exact) mass is 377 g/mol. The Hall–Kier alpha value is -1.96. The van der Waals surface area contributed by atoms with Crippen molar-refractivity contribution in [1.82, 2.24) is 0 Å². The van der Waals surface area contributed by atoms with E-state index in [0.717, 1.165) is 5.56 Å². The maximum Gasteiger partial charge on any atom is 0.172 e. The van der Waals surface area contributed by atoms with Gasteiger partial charge in [-0.05, 0) is 52.7 Å². The zero-order valence-electron chi connectivity index (χ0n) is 11.8. The van der Waals surface area contributed by atoms with Crippen LogP contribution in [0.15, 0.2) is 40.9 Å². The fraction of sp³-hybridized carbons (Fsp3) is 0.118. The van der Waals surface area contributed by atoms with Crippen molar-refractivity contribution in [2.24, 2.45) is 0 Å². The van der Waals surface area contributed by atoms with Crippen molar-refractivity contribution in [3.63, 3.8) is 0 Å². The maximum atomic E-state index is 9.93. The van der Waals surface area contributed by atoms with Gasteiger partial charge in [0.25, 0.3) is 0 Å². The zero-order chi connectivity index (χ0) is 16.1. The van der Waals surface area contributed by atoms with Gasteiger partial charge < -0.3 is 9.84 Å². The first kappa shape index (κ1) is 16.4. The van der Waals surface area contributed by atoms with Gasteiger partial charge in [-0.25, -0.2) is 0 Å². The van der Waals surface area contributed by atoms with Crippen LogP contribution in [-0.2, 0) is 0 Å². The molecule has 3 nitrogen and oxygen atoms in total. The number of rotatable bonds is 4. The van der Waals surface area contributed by atoms with E-state index < -0.39 is 0 Å². The third kappa shape index (κ3) is 3.62. The van der Waals surface area contributed by atoms with Crippen LogP contribution < -0.4 is 4.74 Å². The van der Waals surface area contributed by atoms with E-state index >= 15 is 0 Å². The molecule has 0 bridgehead atoms. The molecule has 0 amide bonds. The highest BCUT2D eigenvalue weighted by Crippen LogP contribution is 2.36. The Kier molecular flexibility index (Phi) is 5.48. The molecule has 2 rings (SSSR count). The average Bonchev–Trinajstić information content (AvgIpc) is 2.51. The molecule has 1 N–H and O–H groups in total. The summed E-state index contributed by atoms with van der Waals surface area (Å²) in [6.45, 7) is 2.27. The molecule has 0 saturated carbocycles. The highest BCUT2D eigenvalue weighted by atomic mass is 79.9. The summed E-state index contributed by atoms with van der Waals surface area (Å²) in [4.78, 5) is 0. The van der Waals surface area contributed by atoms with E-state index in [0.29, 0.717) is 33.0 Å². The topological polar surface area (TPSA) is 53.2 Å². The first-order valence-corrected chi connectivity index (χ1v) is 7.76. The van der Waals surface area contributed by atoms with Crippen molar-refractivity contribution < 1.29 is 9.84 Å². The van der Waals surface area contributed by atoms with Gasteiger partial charge in [-0.15, -0.1) is 0 Å².